The van der Waals surface area contributed by atoms with Gasteiger partial charge in [0, 0.05) is 17.4 Å². The molecule has 32 heavy (non-hydrogen) atoms. The average Bonchev–Trinajstić information content (AvgIpc) is 3.28. The molecule has 0 aromatic carbocycles. The molecule has 3 N–H and O–H groups in total. The van der Waals surface area contributed by atoms with Crippen molar-refractivity contribution in [2.45, 2.75) is 101 Å². The number of urea groups is 1. The molecule has 180 valence electrons. The minimum atomic E-state index is -1.71. The Kier molecular flexibility index (Phi) is 8.43. The molecule has 0 aromatic rings. The Morgan fingerprint density at radius 2 is 2.00 bits per heavy atom. The second-order valence-corrected chi connectivity index (χ2v) is 10.2. The van der Waals surface area contributed by atoms with E-state index in [1.165, 1.54) is 4.90 Å². The first kappa shape index (κ1) is 24.8. The quantitative estimate of drug-likeness (QED) is 0.348. The van der Waals surface area contributed by atoms with Gasteiger partial charge < -0.3 is 15.3 Å². The van der Waals surface area contributed by atoms with E-state index in [2.05, 4.69) is 10.8 Å². The lowest BCUT2D eigenvalue weighted by atomic mass is 9.84. The third kappa shape index (κ3) is 4.90. The lowest BCUT2D eigenvalue weighted by Gasteiger charge is -2.44. The second kappa shape index (κ2) is 10.9. The van der Waals surface area contributed by atoms with Crippen molar-refractivity contribution in [3.63, 3.8) is 0 Å². The Hall–Kier alpha value is -1.81. The standard InChI is InChI=1S/C22H35N3O6S/c1-3-5-9-14(20(28)29)19(27)22(12-6-4-2)24-31-17(26)11-8-7-10-16-18-15(13-32-16)23-21(30)25(18)22/h14-16,18,24H,3-13H2,1-2H3,(H,23,30)(H,28,29)/t14?,15-,16-,18-,22?/m1/s1. The molecule has 2 amide bonds. The highest BCUT2D eigenvalue weighted by atomic mass is 32.2. The number of nitrogens with one attached hydrogen (secondary N) is 2. The Morgan fingerprint density at radius 3 is 2.69 bits per heavy atom. The van der Waals surface area contributed by atoms with Crippen molar-refractivity contribution in [1.29, 1.82) is 0 Å². The SMILES string of the molecule is CCCCC(C(=O)O)C(=O)C1(CCCC)NOC(=O)CCCC[C@H]2SC[C@H]3NC(=O)N1[C@H]32. The second-order valence-electron chi connectivity index (χ2n) is 8.97. The van der Waals surface area contributed by atoms with Crippen molar-refractivity contribution in [3.8, 4) is 0 Å². The van der Waals surface area contributed by atoms with E-state index in [1.807, 2.05) is 13.8 Å². The van der Waals surface area contributed by atoms with Crippen molar-refractivity contribution in [2.75, 3.05) is 5.75 Å². The van der Waals surface area contributed by atoms with Crippen molar-refractivity contribution < 1.29 is 29.1 Å². The maximum Gasteiger partial charge on any atom is 0.324 e. The molecule has 3 aliphatic rings. The predicted molar refractivity (Wildman–Crippen MR) is 120 cm³/mol. The van der Waals surface area contributed by atoms with Crippen molar-refractivity contribution >= 4 is 35.5 Å². The molecular weight excluding hydrogens is 434 g/mol. The third-order valence-corrected chi connectivity index (χ3v) is 8.23. The molecule has 0 aliphatic carbocycles. The first-order valence-corrected chi connectivity index (χ1v) is 12.9. The molecule has 10 heteroatoms. The van der Waals surface area contributed by atoms with Crippen LogP contribution in [0.5, 0.6) is 0 Å². The number of carbonyl (C=O) groups is 4. The van der Waals surface area contributed by atoms with Crippen LogP contribution in [-0.4, -0.2) is 62.5 Å². The Labute approximate surface area is 193 Å². The normalized spacial score (nSPS) is 31.3. The fourth-order valence-corrected chi connectivity index (χ4v) is 6.60. The molecule has 0 radical (unpaired) electrons. The van der Waals surface area contributed by atoms with E-state index in [-0.39, 0.29) is 36.6 Å². The van der Waals surface area contributed by atoms with Gasteiger partial charge in [0.1, 0.15) is 5.92 Å². The van der Waals surface area contributed by atoms with Crippen molar-refractivity contribution in [2.24, 2.45) is 5.92 Å². The zero-order valence-electron chi connectivity index (χ0n) is 18.9. The number of hydroxylamine groups is 1. The van der Waals surface area contributed by atoms with Gasteiger partial charge in [-0.2, -0.15) is 11.8 Å². The van der Waals surface area contributed by atoms with Gasteiger partial charge in [-0.1, -0.05) is 39.5 Å². The van der Waals surface area contributed by atoms with Crippen LogP contribution in [0.3, 0.4) is 0 Å². The molecule has 0 spiro atoms. The molecule has 0 aromatic heterocycles. The van der Waals surface area contributed by atoms with Crippen LogP contribution in [-0.2, 0) is 19.2 Å². The van der Waals surface area contributed by atoms with Crippen LogP contribution in [0.15, 0.2) is 0 Å². The summed E-state index contributed by atoms with van der Waals surface area (Å²) in [5.41, 5.74) is 0.982. The minimum absolute atomic E-state index is 0.113. The highest BCUT2D eigenvalue weighted by Gasteiger charge is 2.60. The Morgan fingerprint density at radius 1 is 1.25 bits per heavy atom. The van der Waals surface area contributed by atoms with Crippen LogP contribution in [0.25, 0.3) is 0 Å². The molecule has 9 nitrogen and oxygen atoms in total. The van der Waals surface area contributed by atoms with Gasteiger partial charge in [0.2, 0.25) is 0 Å². The van der Waals surface area contributed by atoms with Gasteiger partial charge in [0.15, 0.2) is 11.4 Å². The van der Waals surface area contributed by atoms with Crippen LogP contribution in [0.1, 0.15) is 78.1 Å². The van der Waals surface area contributed by atoms with E-state index in [1.54, 1.807) is 11.8 Å². The molecular formula is C22H35N3O6S. The zero-order chi connectivity index (χ0) is 23.3. The monoisotopic (exact) mass is 469 g/mol. The van der Waals surface area contributed by atoms with E-state index in [9.17, 15) is 24.3 Å². The number of carboxylic acid groups (broad SMARTS) is 1. The summed E-state index contributed by atoms with van der Waals surface area (Å²) in [6.45, 7) is 3.89. The molecule has 3 rings (SSSR count). The van der Waals surface area contributed by atoms with Crippen LogP contribution in [0.4, 0.5) is 4.79 Å². The summed E-state index contributed by atoms with van der Waals surface area (Å²) in [4.78, 5) is 58.6. The number of hydrogen-bond donors (Lipinski definition) is 3. The van der Waals surface area contributed by atoms with E-state index < -0.39 is 35.3 Å². The smallest absolute Gasteiger partial charge is 0.324 e. The maximum atomic E-state index is 14.0. The molecule has 0 bridgehead atoms. The number of amides is 2. The first-order chi connectivity index (χ1) is 15.4. The zero-order valence-corrected chi connectivity index (χ0v) is 19.7. The van der Waals surface area contributed by atoms with E-state index in [4.69, 9.17) is 4.84 Å². The van der Waals surface area contributed by atoms with E-state index in [0.29, 0.717) is 19.3 Å². The fraction of sp³-hybridized carbons (Fsp3) is 0.818. The highest BCUT2D eigenvalue weighted by molar-refractivity contribution is 8.00. The van der Waals surface area contributed by atoms with E-state index in [0.717, 1.165) is 31.4 Å². The summed E-state index contributed by atoms with van der Waals surface area (Å²) in [6.07, 6.45) is 5.49. The molecule has 3 aliphatic heterocycles. The number of thioether (sulfide) groups is 1. The fourth-order valence-electron chi connectivity index (χ4n) is 5.02. The van der Waals surface area contributed by atoms with Crippen LogP contribution < -0.4 is 10.8 Å². The highest BCUT2D eigenvalue weighted by Crippen LogP contribution is 2.42. The Bertz CT molecular complexity index is 734. The molecule has 3 saturated heterocycles. The number of unbranched alkanes of at least 4 members (excludes halogenated alkanes) is 2. The van der Waals surface area contributed by atoms with Crippen molar-refractivity contribution in [3.05, 3.63) is 0 Å². The number of carbonyl (C=O) groups excluding carboxylic acids is 3. The number of ketones is 1. The molecule has 3 fully saturated rings. The Balaban J connectivity index is 2.09. The summed E-state index contributed by atoms with van der Waals surface area (Å²) in [5.74, 6) is -2.87. The molecule has 3 heterocycles. The van der Waals surface area contributed by atoms with Crippen molar-refractivity contribution in [1.82, 2.24) is 15.7 Å². The number of rotatable bonds is 9. The van der Waals surface area contributed by atoms with Gasteiger partial charge >= 0.3 is 18.0 Å². The average molecular weight is 470 g/mol. The first-order valence-electron chi connectivity index (χ1n) is 11.8. The van der Waals surface area contributed by atoms with Gasteiger partial charge in [-0.3, -0.25) is 19.3 Å². The summed E-state index contributed by atoms with van der Waals surface area (Å²) >= 11 is 1.77. The lowest BCUT2D eigenvalue weighted by Crippen LogP contribution is -2.69. The lowest BCUT2D eigenvalue weighted by molar-refractivity contribution is -0.171. The molecule has 5 atom stereocenters. The van der Waals surface area contributed by atoms with Crippen LogP contribution in [0, 0.1) is 5.92 Å². The number of Topliss-reactive ketones (excluding diaryl/α,β-unsaturated/α-hetero) is 1. The van der Waals surface area contributed by atoms with Gasteiger partial charge in [0.05, 0.1) is 12.1 Å². The number of hydrogen-bond acceptors (Lipinski definition) is 7. The maximum absolute atomic E-state index is 14.0. The van der Waals surface area contributed by atoms with Gasteiger partial charge in [-0.05, 0) is 32.1 Å². The number of nitrogens with zero attached hydrogens (tertiary/aromatic N) is 1. The summed E-state index contributed by atoms with van der Waals surface area (Å²) in [7, 11) is 0. The predicted octanol–water partition coefficient (Wildman–Crippen LogP) is 2.83. The minimum Gasteiger partial charge on any atom is -0.481 e. The molecule has 2 unspecified atom stereocenters. The largest absolute Gasteiger partial charge is 0.481 e. The summed E-state index contributed by atoms with van der Waals surface area (Å²) in [6, 6.07) is -0.793. The summed E-state index contributed by atoms with van der Waals surface area (Å²) < 4.78 is 0. The summed E-state index contributed by atoms with van der Waals surface area (Å²) in [5, 5.41) is 13.0. The van der Waals surface area contributed by atoms with Gasteiger partial charge in [-0.15, -0.1) is 5.48 Å². The van der Waals surface area contributed by atoms with E-state index >= 15 is 0 Å². The van der Waals surface area contributed by atoms with Crippen LogP contribution >= 0.6 is 11.8 Å². The molecule has 0 saturated carbocycles. The topological polar surface area (TPSA) is 125 Å². The van der Waals surface area contributed by atoms with Gasteiger partial charge in [0.25, 0.3) is 0 Å². The van der Waals surface area contributed by atoms with Crippen LogP contribution in [0.2, 0.25) is 0 Å². The third-order valence-electron chi connectivity index (χ3n) is 6.73. The van der Waals surface area contributed by atoms with Gasteiger partial charge in [-0.25, -0.2) is 4.79 Å². The number of aliphatic carboxylic acids is 1. The number of carboxylic acids is 1.